The second-order valence-electron chi connectivity index (χ2n) is 2.78. The number of nitrogens with zero attached hydrogens (tertiary/aromatic N) is 1. The smallest absolute Gasteiger partial charge is 0.0916 e. The molecule has 72 valence electrons. The minimum Gasteiger partial charge on any atom is -0.396 e. The third-order valence-electron chi connectivity index (χ3n) is 1.88. The van der Waals surface area contributed by atoms with Gasteiger partial charge in [-0.15, -0.1) is 0 Å². The van der Waals surface area contributed by atoms with Crippen molar-refractivity contribution >= 4 is 55.7 Å². The van der Waals surface area contributed by atoms with Gasteiger partial charge in [-0.05, 0) is 12.1 Å². The molecule has 14 heavy (non-hydrogen) atoms. The molecule has 1 heterocycles. The minimum absolute atomic E-state index is 0.446. The van der Waals surface area contributed by atoms with E-state index in [1.807, 2.05) is 6.07 Å². The van der Waals surface area contributed by atoms with E-state index in [1.54, 1.807) is 6.07 Å². The van der Waals surface area contributed by atoms with Gasteiger partial charge in [0.2, 0.25) is 0 Å². The van der Waals surface area contributed by atoms with E-state index in [4.69, 9.17) is 28.9 Å². The maximum atomic E-state index is 6.05. The van der Waals surface area contributed by atoms with Gasteiger partial charge < -0.3 is 5.73 Å². The maximum absolute atomic E-state index is 6.05. The minimum atomic E-state index is 0.446. The molecule has 2 aromatic rings. The van der Waals surface area contributed by atoms with Gasteiger partial charge in [-0.3, -0.25) is 4.98 Å². The first-order valence-corrected chi connectivity index (χ1v) is 5.34. The average Bonchev–Trinajstić information content (AvgIpc) is 2.16. The summed E-state index contributed by atoms with van der Waals surface area (Å²) in [5, 5.41) is 1.79. The number of hydrogen-bond acceptors (Lipinski definition) is 2. The van der Waals surface area contributed by atoms with Crippen LogP contribution in [0.1, 0.15) is 0 Å². The molecule has 2 N–H and O–H groups in total. The van der Waals surface area contributed by atoms with Crippen LogP contribution in [0.4, 0.5) is 5.69 Å². The molecule has 0 fully saturated rings. The molecule has 0 aliphatic rings. The summed E-state index contributed by atoms with van der Waals surface area (Å²) < 4.78 is 0.835. The average molecular weight is 292 g/mol. The van der Waals surface area contributed by atoms with Crippen LogP contribution in [0.25, 0.3) is 10.9 Å². The quantitative estimate of drug-likeness (QED) is 0.800. The molecule has 0 amide bonds. The SMILES string of the molecule is Nc1cnc2c(Cl)ccc(Br)c2c1Cl. The van der Waals surface area contributed by atoms with Gasteiger partial charge in [-0.2, -0.15) is 0 Å². The van der Waals surface area contributed by atoms with E-state index >= 15 is 0 Å². The van der Waals surface area contributed by atoms with E-state index in [9.17, 15) is 0 Å². The fraction of sp³-hybridized carbons (Fsp3) is 0. The van der Waals surface area contributed by atoms with Crippen molar-refractivity contribution in [1.82, 2.24) is 4.98 Å². The summed E-state index contributed by atoms with van der Waals surface area (Å²) in [4.78, 5) is 4.13. The third kappa shape index (κ3) is 1.45. The van der Waals surface area contributed by atoms with Crippen molar-refractivity contribution in [2.45, 2.75) is 0 Å². The molecule has 0 aliphatic carbocycles. The molecule has 0 radical (unpaired) electrons. The summed E-state index contributed by atoms with van der Waals surface area (Å²) in [6.45, 7) is 0. The molecule has 0 aliphatic heterocycles. The highest BCUT2D eigenvalue weighted by atomic mass is 79.9. The molecule has 0 spiro atoms. The molecule has 2 rings (SSSR count). The molecular formula is C9H5BrCl2N2. The lowest BCUT2D eigenvalue weighted by Crippen LogP contribution is -1.91. The van der Waals surface area contributed by atoms with Crippen molar-refractivity contribution in [1.29, 1.82) is 0 Å². The van der Waals surface area contributed by atoms with Crippen molar-refractivity contribution in [3.8, 4) is 0 Å². The van der Waals surface area contributed by atoms with Gasteiger partial charge in [-0.1, -0.05) is 39.1 Å². The Morgan fingerprint density at radius 2 is 2.00 bits per heavy atom. The van der Waals surface area contributed by atoms with Gasteiger partial charge in [0.1, 0.15) is 0 Å². The normalized spacial score (nSPS) is 10.8. The summed E-state index contributed by atoms with van der Waals surface area (Å²) in [7, 11) is 0. The number of nitrogen functional groups attached to an aromatic ring is 1. The summed E-state index contributed by atoms with van der Waals surface area (Å²) in [5.74, 6) is 0. The highest BCUT2D eigenvalue weighted by molar-refractivity contribution is 9.10. The number of nitrogens with two attached hydrogens (primary N) is 1. The van der Waals surface area contributed by atoms with Crippen LogP contribution in [-0.2, 0) is 0 Å². The Bertz CT molecular complexity index is 514. The molecule has 0 unspecified atom stereocenters. The van der Waals surface area contributed by atoms with E-state index in [1.165, 1.54) is 6.20 Å². The molecule has 0 saturated heterocycles. The molecule has 0 bridgehead atoms. The second-order valence-corrected chi connectivity index (χ2v) is 4.42. The van der Waals surface area contributed by atoms with Gasteiger partial charge in [0.25, 0.3) is 0 Å². The second kappa shape index (κ2) is 3.57. The van der Waals surface area contributed by atoms with Gasteiger partial charge >= 0.3 is 0 Å². The number of fused-ring (bicyclic) bond motifs is 1. The summed E-state index contributed by atoms with van der Waals surface area (Å²) >= 11 is 15.4. The predicted octanol–water partition coefficient (Wildman–Crippen LogP) is 3.89. The zero-order valence-electron chi connectivity index (χ0n) is 6.89. The van der Waals surface area contributed by atoms with Gasteiger partial charge in [0.05, 0.1) is 27.4 Å². The van der Waals surface area contributed by atoms with E-state index in [0.29, 0.717) is 21.2 Å². The number of aromatic nitrogens is 1. The van der Waals surface area contributed by atoms with Crippen LogP contribution >= 0.6 is 39.1 Å². The number of halogens is 3. The Morgan fingerprint density at radius 1 is 1.29 bits per heavy atom. The molecular weight excluding hydrogens is 287 g/mol. The lowest BCUT2D eigenvalue weighted by Gasteiger charge is -2.06. The summed E-state index contributed by atoms with van der Waals surface area (Å²) in [6, 6.07) is 3.57. The molecule has 0 atom stereocenters. The number of pyridine rings is 1. The summed E-state index contributed by atoms with van der Waals surface area (Å²) in [5.41, 5.74) is 6.75. The van der Waals surface area contributed by atoms with Crippen LogP contribution in [0, 0.1) is 0 Å². The van der Waals surface area contributed by atoms with Crippen LogP contribution in [0.15, 0.2) is 22.8 Å². The van der Waals surface area contributed by atoms with E-state index in [0.717, 1.165) is 9.86 Å². The molecule has 1 aromatic heterocycles. The highest BCUT2D eigenvalue weighted by Gasteiger charge is 2.10. The standard InChI is InChI=1S/C9H5BrCl2N2/c10-4-1-2-5(11)9-7(4)8(12)6(13)3-14-9/h1-3H,13H2. The molecule has 2 nitrogen and oxygen atoms in total. The van der Waals surface area contributed by atoms with Crippen molar-refractivity contribution in [3.63, 3.8) is 0 Å². The van der Waals surface area contributed by atoms with Crippen LogP contribution in [-0.4, -0.2) is 4.98 Å². The van der Waals surface area contributed by atoms with Crippen LogP contribution < -0.4 is 5.73 Å². The number of benzene rings is 1. The number of rotatable bonds is 0. The van der Waals surface area contributed by atoms with Gasteiger partial charge in [0, 0.05) is 9.86 Å². The molecule has 0 saturated carbocycles. The fourth-order valence-electron chi connectivity index (χ4n) is 1.21. The highest BCUT2D eigenvalue weighted by Crippen LogP contribution is 2.36. The lowest BCUT2D eigenvalue weighted by molar-refractivity contribution is 1.41. The first-order valence-electron chi connectivity index (χ1n) is 3.79. The Kier molecular flexibility index (Phi) is 2.56. The van der Waals surface area contributed by atoms with Crippen molar-refractivity contribution in [2.24, 2.45) is 0 Å². The van der Waals surface area contributed by atoms with Crippen LogP contribution in [0.3, 0.4) is 0 Å². The van der Waals surface area contributed by atoms with E-state index in [-0.39, 0.29) is 0 Å². The topological polar surface area (TPSA) is 38.9 Å². The van der Waals surface area contributed by atoms with E-state index in [2.05, 4.69) is 20.9 Å². The summed E-state index contributed by atoms with van der Waals surface area (Å²) in [6.07, 6.45) is 1.50. The molecule has 5 heteroatoms. The maximum Gasteiger partial charge on any atom is 0.0916 e. The van der Waals surface area contributed by atoms with Crippen molar-refractivity contribution < 1.29 is 0 Å². The fourth-order valence-corrected chi connectivity index (χ4v) is 2.29. The van der Waals surface area contributed by atoms with Gasteiger partial charge in [0.15, 0.2) is 0 Å². The Hall–Kier alpha value is -0.510. The Labute approximate surface area is 99.1 Å². The Morgan fingerprint density at radius 3 is 2.71 bits per heavy atom. The van der Waals surface area contributed by atoms with E-state index < -0.39 is 0 Å². The molecule has 1 aromatic carbocycles. The van der Waals surface area contributed by atoms with Crippen molar-refractivity contribution in [3.05, 3.63) is 32.8 Å². The first kappa shape index (κ1) is 10.0. The number of hydrogen-bond donors (Lipinski definition) is 1. The monoisotopic (exact) mass is 290 g/mol. The number of anilines is 1. The van der Waals surface area contributed by atoms with Crippen molar-refractivity contribution in [2.75, 3.05) is 5.73 Å². The largest absolute Gasteiger partial charge is 0.396 e. The predicted molar refractivity (Wildman–Crippen MR) is 63.9 cm³/mol. The third-order valence-corrected chi connectivity index (χ3v) is 3.26. The lowest BCUT2D eigenvalue weighted by atomic mass is 10.2. The van der Waals surface area contributed by atoms with Crippen LogP contribution in [0.5, 0.6) is 0 Å². The van der Waals surface area contributed by atoms with Crippen LogP contribution in [0.2, 0.25) is 10.0 Å². The zero-order valence-corrected chi connectivity index (χ0v) is 9.99. The van der Waals surface area contributed by atoms with Gasteiger partial charge in [-0.25, -0.2) is 0 Å². The first-order chi connectivity index (χ1) is 6.61. The zero-order chi connectivity index (χ0) is 10.3. The Balaban J connectivity index is 3.01.